The van der Waals surface area contributed by atoms with Gasteiger partial charge in [0.25, 0.3) is 0 Å². The lowest BCUT2D eigenvalue weighted by atomic mass is 10.2. The van der Waals surface area contributed by atoms with Crippen LogP contribution < -0.4 is 10.6 Å². The molecule has 0 spiro atoms. The van der Waals surface area contributed by atoms with Crippen LogP contribution in [0.15, 0.2) is 18.2 Å². The van der Waals surface area contributed by atoms with Gasteiger partial charge in [0.05, 0.1) is 11.2 Å². The summed E-state index contributed by atoms with van der Waals surface area (Å²) >= 11 is 0. The number of benzene rings is 1. The topological polar surface area (TPSA) is 69.8 Å². The number of rotatable bonds is 5. The SMILES string of the molecule is CNCCCc1nc2c(NC(C)=O)cccc2[nH]1.Cl. The van der Waals surface area contributed by atoms with E-state index in [1.165, 1.54) is 6.92 Å². The van der Waals surface area contributed by atoms with Crippen molar-refractivity contribution in [3.8, 4) is 0 Å². The van der Waals surface area contributed by atoms with Gasteiger partial charge in [-0.15, -0.1) is 12.4 Å². The van der Waals surface area contributed by atoms with Crippen molar-refractivity contribution in [1.29, 1.82) is 0 Å². The molecule has 6 heteroatoms. The van der Waals surface area contributed by atoms with Crippen LogP contribution >= 0.6 is 12.4 Å². The molecule has 0 saturated heterocycles. The Hall–Kier alpha value is -1.59. The lowest BCUT2D eigenvalue weighted by Crippen LogP contribution is -2.08. The molecule has 0 saturated carbocycles. The fourth-order valence-corrected chi connectivity index (χ4v) is 1.92. The van der Waals surface area contributed by atoms with Crippen molar-refractivity contribution >= 4 is 35.0 Å². The number of imidazole rings is 1. The maximum atomic E-state index is 11.1. The van der Waals surface area contributed by atoms with Crippen LogP contribution in [0.4, 0.5) is 5.69 Å². The zero-order valence-electron chi connectivity index (χ0n) is 11.1. The second-order valence-electron chi connectivity index (χ2n) is 4.27. The molecule has 2 rings (SSSR count). The zero-order chi connectivity index (χ0) is 13.0. The highest BCUT2D eigenvalue weighted by Gasteiger charge is 2.07. The van der Waals surface area contributed by atoms with E-state index in [9.17, 15) is 4.79 Å². The number of hydrogen-bond donors (Lipinski definition) is 3. The highest BCUT2D eigenvalue weighted by Crippen LogP contribution is 2.21. The molecule has 3 N–H and O–H groups in total. The molecule has 0 aliphatic heterocycles. The Morgan fingerprint density at radius 2 is 2.21 bits per heavy atom. The normalized spacial score (nSPS) is 10.2. The molecule has 1 aromatic carbocycles. The smallest absolute Gasteiger partial charge is 0.221 e. The summed E-state index contributed by atoms with van der Waals surface area (Å²) < 4.78 is 0. The molecule has 0 radical (unpaired) electrons. The van der Waals surface area contributed by atoms with Gasteiger partial charge in [-0.1, -0.05) is 6.07 Å². The van der Waals surface area contributed by atoms with E-state index in [0.717, 1.165) is 41.9 Å². The minimum absolute atomic E-state index is 0. The number of para-hydroxylation sites is 1. The van der Waals surface area contributed by atoms with Crippen LogP contribution in [-0.2, 0) is 11.2 Å². The van der Waals surface area contributed by atoms with Crippen molar-refractivity contribution in [1.82, 2.24) is 15.3 Å². The minimum Gasteiger partial charge on any atom is -0.342 e. The molecule has 0 fully saturated rings. The standard InChI is InChI=1S/C13H18N4O.ClH/c1-9(18)15-10-5-3-6-11-13(10)17-12(16-11)7-4-8-14-2;/h3,5-6,14H,4,7-8H2,1-2H3,(H,15,18)(H,16,17);1H. The number of hydrogen-bond acceptors (Lipinski definition) is 3. The first kappa shape index (κ1) is 15.5. The molecule has 0 aliphatic carbocycles. The van der Waals surface area contributed by atoms with Crippen molar-refractivity contribution < 1.29 is 4.79 Å². The predicted octanol–water partition coefficient (Wildman–Crippen LogP) is 2.10. The van der Waals surface area contributed by atoms with Gasteiger partial charge in [-0.3, -0.25) is 4.79 Å². The van der Waals surface area contributed by atoms with Gasteiger partial charge in [0.1, 0.15) is 11.3 Å². The Labute approximate surface area is 118 Å². The van der Waals surface area contributed by atoms with Gasteiger partial charge in [0.15, 0.2) is 0 Å². The molecule has 1 aromatic heterocycles. The Bertz CT molecular complexity index is 553. The molecule has 0 aliphatic rings. The average molecular weight is 283 g/mol. The van der Waals surface area contributed by atoms with Crippen LogP contribution in [-0.4, -0.2) is 29.5 Å². The second kappa shape index (κ2) is 7.11. The molecular weight excluding hydrogens is 264 g/mol. The number of halogens is 1. The number of nitrogens with one attached hydrogen (secondary N) is 3. The molecular formula is C13H19ClN4O. The van der Waals surface area contributed by atoms with Gasteiger partial charge in [-0.25, -0.2) is 4.98 Å². The number of fused-ring (bicyclic) bond motifs is 1. The summed E-state index contributed by atoms with van der Waals surface area (Å²) in [5.74, 6) is 0.875. The van der Waals surface area contributed by atoms with E-state index in [0.29, 0.717) is 0 Å². The third-order valence-electron chi connectivity index (χ3n) is 2.71. The monoisotopic (exact) mass is 282 g/mol. The van der Waals surface area contributed by atoms with Gasteiger partial charge < -0.3 is 15.6 Å². The summed E-state index contributed by atoms with van der Waals surface area (Å²) in [4.78, 5) is 18.9. The number of carbonyl (C=O) groups excluding carboxylic acids is 1. The Morgan fingerprint density at radius 1 is 1.42 bits per heavy atom. The fourth-order valence-electron chi connectivity index (χ4n) is 1.92. The van der Waals surface area contributed by atoms with E-state index in [2.05, 4.69) is 20.6 Å². The average Bonchev–Trinajstić information content (AvgIpc) is 2.73. The van der Waals surface area contributed by atoms with Crippen molar-refractivity contribution in [3.05, 3.63) is 24.0 Å². The predicted molar refractivity (Wildman–Crippen MR) is 79.9 cm³/mol. The highest BCUT2D eigenvalue weighted by atomic mass is 35.5. The summed E-state index contributed by atoms with van der Waals surface area (Å²) in [5.41, 5.74) is 2.55. The van der Waals surface area contributed by atoms with Crippen LogP contribution in [0.1, 0.15) is 19.2 Å². The van der Waals surface area contributed by atoms with E-state index in [4.69, 9.17) is 0 Å². The summed E-state index contributed by atoms with van der Waals surface area (Å²) in [6.45, 7) is 2.47. The molecule has 1 amide bonds. The summed E-state index contributed by atoms with van der Waals surface area (Å²) in [6, 6.07) is 5.74. The first-order valence-electron chi connectivity index (χ1n) is 6.10. The van der Waals surface area contributed by atoms with Crippen molar-refractivity contribution in [2.75, 3.05) is 18.9 Å². The number of aromatic nitrogens is 2. The number of amides is 1. The van der Waals surface area contributed by atoms with Gasteiger partial charge in [0, 0.05) is 13.3 Å². The number of aryl methyl sites for hydroxylation is 1. The Morgan fingerprint density at radius 3 is 2.89 bits per heavy atom. The van der Waals surface area contributed by atoms with E-state index in [1.54, 1.807) is 0 Å². The maximum Gasteiger partial charge on any atom is 0.221 e. The molecule has 19 heavy (non-hydrogen) atoms. The lowest BCUT2D eigenvalue weighted by molar-refractivity contribution is -0.114. The van der Waals surface area contributed by atoms with Crippen LogP contribution in [0.2, 0.25) is 0 Å². The van der Waals surface area contributed by atoms with Gasteiger partial charge in [-0.2, -0.15) is 0 Å². The van der Waals surface area contributed by atoms with Crippen molar-refractivity contribution in [2.24, 2.45) is 0 Å². The van der Waals surface area contributed by atoms with E-state index in [1.807, 2.05) is 25.2 Å². The van der Waals surface area contributed by atoms with Crippen molar-refractivity contribution in [3.63, 3.8) is 0 Å². The maximum absolute atomic E-state index is 11.1. The van der Waals surface area contributed by atoms with Crippen LogP contribution in [0.5, 0.6) is 0 Å². The number of anilines is 1. The summed E-state index contributed by atoms with van der Waals surface area (Å²) in [7, 11) is 1.94. The summed E-state index contributed by atoms with van der Waals surface area (Å²) in [6.07, 6.45) is 1.93. The molecule has 0 bridgehead atoms. The quantitative estimate of drug-likeness (QED) is 0.736. The van der Waals surface area contributed by atoms with E-state index < -0.39 is 0 Å². The summed E-state index contributed by atoms with van der Waals surface area (Å²) in [5, 5.41) is 5.91. The number of carbonyl (C=O) groups is 1. The number of nitrogens with zero attached hydrogens (tertiary/aromatic N) is 1. The van der Waals surface area contributed by atoms with Crippen LogP contribution in [0.3, 0.4) is 0 Å². The lowest BCUT2D eigenvalue weighted by Gasteiger charge is -2.01. The largest absolute Gasteiger partial charge is 0.342 e. The molecule has 1 heterocycles. The van der Waals surface area contributed by atoms with E-state index >= 15 is 0 Å². The first-order valence-corrected chi connectivity index (χ1v) is 6.10. The van der Waals surface area contributed by atoms with Gasteiger partial charge in [0.2, 0.25) is 5.91 Å². The third-order valence-corrected chi connectivity index (χ3v) is 2.71. The Kier molecular flexibility index (Phi) is 5.79. The second-order valence-corrected chi connectivity index (χ2v) is 4.27. The molecule has 0 unspecified atom stereocenters. The first-order chi connectivity index (χ1) is 8.70. The molecule has 104 valence electrons. The van der Waals surface area contributed by atoms with Gasteiger partial charge >= 0.3 is 0 Å². The van der Waals surface area contributed by atoms with Crippen LogP contribution in [0.25, 0.3) is 11.0 Å². The molecule has 5 nitrogen and oxygen atoms in total. The van der Waals surface area contributed by atoms with Crippen molar-refractivity contribution in [2.45, 2.75) is 19.8 Å². The zero-order valence-corrected chi connectivity index (χ0v) is 11.9. The number of aromatic amines is 1. The highest BCUT2D eigenvalue weighted by molar-refractivity contribution is 5.98. The van der Waals surface area contributed by atoms with Gasteiger partial charge in [-0.05, 0) is 32.1 Å². The Balaban J connectivity index is 0.00000180. The van der Waals surface area contributed by atoms with Crippen LogP contribution in [0, 0.1) is 0 Å². The fraction of sp³-hybridized carbons (Fsp3) is 0.385. The minimum atomic E-state index is -0.0813. The number of H-pyrrole nitrogens is 1. The molecule has 2 aromatic rings. The third kappa shape index (κ3) is 3.94. The van der Waals surface area contributed by atoms with E-state index in [-0.39, 0.29) is 18.3 Å². The molecule has 0 atom stereocenters.